The molecule has 1 heterocycles. The summed E-state index contributed by atoms with van der Waals surface area (Å²) in [5.41, 5.74) is 0.891. The molecule has 1 nitrogen and oxygen atoms in total. The van der Waals surface area contributed by atoms with Crippen molar-refractivity contribution in [2.45, 2.75) is 54.0 Å². The minimum absolute atomic E-state index is 0.416. The van der Waals surface area contributed by atoms with Crippen LogP contribution in [0.1, 0.15) is 48.0 Å². The van der Waals surface area contributed by atoms with E-state index in [2.05, 4.69) is 58.6 Å². The second-order valence-electron chi connectivity index (χ2n) is 7.04. The third kappa shape index (κ3) is 3.96. The lowest BCUT2D eigenvalue weighted by molar-refractivity contribution is 0.201. The molecule has 1 aliphatic heterocycles. The third-order valence-corrected chi connectivity index (χ3v) is 5.33. The maximum atomic E-state index is 3.80. The van der Waals surface area contributed by atoms with E-state index in [-0.39, 0.29) is 0 Å². The first-order chi connectivity index (χ1) is 7.23. The van der Waals surface area contributed by atoms with E-state index in [1.54, 1.807) is 0 Å². The molecule has 1 aliphatic rings. The molecule has 0 spiro atoms. The maximum Gasteiger partial charge on any atom is 0.0209 e. The molecule has 16 heavy (non-hydrogen) atoms. The van der Waals surface area contributed by atoms with Crippen LogP contribution >= 0.6 is 11.8 Å². The summed E-state index contributed by atoms with van der Waals surface area (Å²) < 4.78 is 0. The van der Waals surface area contributed by atoms with Crippen LogP contribution in [-0.2, 0) is 0 Å². The summed E-state index contributed by atoms with van der Waals surface area (Å²) in [7, 11) is 0. The highest BCUT2D eigenvalue weighted by molar-refractivity contribution is 7.99. The zero-order valence-electron chi connectivity index (χ0n) is 11.9. The van der Waals surface area contributed by atoms with Crippen molar-refractivity contribution in [2.24, 2.45) is 16.7 Å². The molecule has 0 aliphatic carbocycles. The fraction of sp³-hybridized carbons (Fsp3) is 1.00. The Morgan fingerprint density at radius 1 is 1.38 bits per heavy atom. The van der Waals surface area contributed by atoms with E-state index >= 15 is 0 Å². The van der Waals surface area contributed by atoms with Crippen molar-refractivity contribution in [3.05, 3.63) is 0 Å². The number of hydrogen-bond donors (Lipinski definition) is 1. The summed E-state index contributed by atoms with van der Waals surface area (Å²) in [6, 6.07) is 0.691. The van der Waals surface area contributed by atoms with Crippen molar-refractivity contribution in [3.8, 4) is 0 Å². The minimum atomic E-state index is 0.416. The predicted molar refractivity (Wildman–Crippen MR) is 76.1 cm³/mol. The Labute approximate surface area is 106 Å². The second kappa shape index (κ2) is 5.30. The van der Waals surface area contributed by atoms with Gasteiger partial charge in [0, 0.05) is 11.8 Å². The zero-order chi connectivity index (χ0) is 12.4. The maximum absolute atomic E-state index is 3.80. The normalized spacial score (nSPS) is 27.8. The number of rotatable bonds is 3. The minimum Gasteiger partial charge on any atom is -0.312 e. The number of hydrogen-bond acceptors (Lipinski definition) is 2. The van der Waals surface area contributed by atoms with Crippen LogP contribution in [0.3, 0.4) is 0 Å². The monoisotopic (exact) mass is 243 g/mol. The van der Waals surface area contributed by atoms with Gasteiger partial charge in [0.1, 0.15) is 0 Å². The molecule has 1 saturated heterocycles. The van der Waals surface area contributed by atoms with E-state index in [1.807, 2.05) is 0 Å². The standard InChI is InChI=1S/C14H29NS/c1-11(13(2,3)4)9-15-12-10-16-8-7-14(12,5)6/h11-12,15H,7-10H2,1-6H3. The lowest BCUT2D eigenvalue weighted by Gasteiger charge is -2.40. The van der Waals surface area contributed by atoms with Crippen LogP contribution < -0.4 is 5.32 Å². The molecular weight excluding hydrogens is 214 g/mol. The van der Waals surface area contributed by atoms with Gasteiger partial charge in [-0.15, -0.1) is 0 Å². The first-order valence-corrected chi connectivity index (χ1v) is 7.70. The van der Waals surface area contributed by atoms with Gasteiger partial charge in [-0.25, -0.2) is 0 Å². The van der Waals surface area contributed by atoms with Gasteiger partial charge in [-0.3, -0.25) is 0 Å². The molecule has 0 radical (unpaired) electrons. The van der Waals surface area contributed by atoms with Crippen molar-refractivity contribution >= 4 is 11.8 Å². The lowest BCUT2D eigenvalue weighted by Crippen LogP contribution is -2.48. The Kier molecular flexibility index (Phi) is 4.76. The van der Waals surface area contributed by atoms with Crippen LogP contribution in [-0.4, -0.2) is 24.1 Å². The molecule has 0 saturated carbocycles. The first kappa shape index (κ1) is 14.4. The molecule has 1 N–H and O–H groups in total. The van der Waals surface area contributed by atoms with Crippen LogP contribution in [0, 0.1) is 16.7 Å². The molecule has 2 heteroatoms. The molecule has 0 aromatic carbocycles. The Morgan fingerprint density at radius 3 is 2.50 bits per heavy atom. The Morgan fingerprint density at radius 2 is 2.00 bits per heavy atom. The average molecular weight is 243 g/mol. The molecular formula is C14H29NS. The van der Waals surface area contributed by atoms with Gasteiger partial charge in [0.15, 0.2) is 0 Å². The summed E-state index contributed by atoms with van der Waals surface area (Å²) in [6.45, 7) is 15.3. The third-order valence-electron chi connectivity index (χ3n) is 4.27. The van der Waals surface area contributed by atoms with E-state index < -0.39 is 0 Å². The van der Waals surface area contributed by atoms with Gasteiger partial charge < -0.3 is 5.32 Å². The second-order valence-corrected chi connectivity index (χ2v) is 8.19. The van der Waals surface area contributed by atoms with E-state index in [1.165, 1.54) is 17.9 Å². The summed E-state index contributed by atoms with van der Waals surface area (Å²) in [6.07, 6.45) is 1.35. The van der Waals surface area contributed by atoms with E-state index in [9.17, 15) is 0 Å². The van der Waals surface area contributed by atoms with Crippen molar-refractivity contribution in [1.82, 2.24) is 5.32 Å². The van der Waals surface area contributed by atoms with E-state index in [4.69, 9.17) is 0 Å². The van der Waals surface area contributed by atoms with Gasteiger partial charge in [-0.2, -0.15) is 11.8 Å². The van der Waals surface area contributed by atoms with Gasteiger partial charge in [-0.1, -0.05) is 41.5 Å². The van der Waals surface area contributed by atoms with Crippen LogP contribution in [0.4, 0.5) is 0 Å². The van der Waals surface area contributed by atoms with Crippen LogP contribution in [0.15, 0.2) is 0 Å². The highest BCUT2D eigenvalue weighted by atomic mass is 32.2. The molecule has 0 amide bonds. The summed E-state index contributed by atoms with van der Waals surface area (Å²) in [5.74, 6) is 3.35. The molecule has 1 fully saturated rings. The van der Waals surface area contributed by atoms with Gasteiger partial charge in [-0.05, 0) is 35.5 Å². The largest absolute Gasteiger partial charge is 0.312 e. The van der Waals surface area contributed by atoms with Gasteiger partial charge in [0.2, 0.25) is 0 Å². The van der Waals surface area contributed by atoms with Crippen LogP contribution in [0.5, 0.6) is 0 Å². The molecule has 2 unspecified atom stereocenters. The number of nitrogens with one attached hydrogen (secondary N) is 1. The molecule has 0 aromatic rings. The first-order valence-electron chi connectivity index (χ1n) is 6.54. The van der Waals surface area contributed by atoms with Gasteiger partial charge >= 0.3 is 0 Å². The van der Waals surface area contributed by atoms with Crippen molar-refractivity contribution in [2.75, 3.05) is 18.1 Å². The highest BCUT2D eigenvalue weighted by Gasteiger charge is 2.33. The topological polar surface area (TPSA) is 12.0 Å². The molecule has 0 bridgehead atoms. The summed E-state index contributed by atoms with van der Waals surface area (Å²) in [4.78, 5) is 0. The van der Waals surface area contributed by atoms with E-state index in [0.717, 1.165) is 12.5 Å². The number of thioether (sulfide) groups is 1. The van der Waals surface area contributed by atoms with E-state index in [0.29, 0.717) is 16.9 Å². The zero-order valence-corrected chi connectivity index (χ0v) is 12.7. The van der Waals surface area contributed by atoms with Crippen molar-refractivity contribution in [3.63, 3.8) is 0 Å². The fourth-order valence-corrected chi connectivity index (χ4v) is 3.54. The Balaban J connectivity index is 2.42. The Bertz CT molecular complexity index is 217. The SMILES string of the molecule is CC(CNC1CSCCC1(C)C)C(C)(C)C. The quantitative estimate of drug-likeness (QED) is 0.809. The molecule has 96 valence electrons. The highest BCUT2D eigenvalue weighted by Crippen LogP contribution is 2.34. The molecule has 0 aromatic heterocycles. The summed E-state index contributed by atoms with van der Waals surface area (Å²) in [5, 5.41) is 3.80. The van der Waals surface area contributed by atoms with Gasteiger partial charge in [0.25, 0.3) is 0 Å². The van der Waals surface area contributed by atoms with Crippen LogP contribution in [0.2, 0.25) is 0 Å². The summed E-state index contributed by atoms with van der Waals surface area (Å²) >= 11 is 2.10. The molecule has 2 atom stereocenters. The fourth-order valence-electron chi connectivity index (χ4n) is 1.90. The Hall–Kier alpha value is 0.310. The molecule has 1 rings (SSSR count). The predicted octanol–water partition coefficient (Wildman–Crippen LogP) is 3.79. The van der Waals surface area contributed by atoms with Gasteiger partial charge in [0.05, 0.1) is 0 Å². The van der Waals surface area contributed by atoms with Crippen LogP contribution in [0.25, 0.3) is 0 Å². The average Bonchev–Trinajstić information content (AvgIpc) is 2.13. The lowest BCUT2D eigenvalue weighted by atomic mass is 9.79. The smallest absolute Gasteiger partial charge is 0.0209 e. The van der Waals surface area contributed by atoms with Crippen molar-refractivity contribution < 1.29 is 0 Å². The van der Waals surface area contributed by atoms with Crippen molar-refractivity contribution in [1.29, 1.82) is 0 Å².